The van der Waals surface area contributed by atoms with E-state index in [1.165, 1.54) is 5.69 Å². The van der Waals surface area contributed by atoms with Crippen LogP contribution in [0.15, 0.2) is 53.7 Å². The lowest BCUT2D eigenvalue weighted by Crippen LogP contribution is -2.50. The van der Waals surface area contributed by atoms with Gasteiger partial charge in [0.15, 0.2) is 0 Å². The highest BCUT2D eigenvalue weighted by Gasteiger charge is 2.27. The van der Waals surface area contributed by atoms with Crippen LogP contribution in [0.25, 0.3) is 11.3 Å². The summed E-state index contributed by atoms with van der Waals surface area (Å²) in [5.41, 5.74) is 2.90. The summed E-state index contributed by atoms with van der Waals surface area (Å²) in [6.45, 7) is 3.69. The Morgan fingerprint density at radius 3 is 2.77 bits per heavy atom. The summed E-state index contributed by atoms with van der Waals surface area (Å²) < 4.78 is 3.51. The van der Waals surface area contributed by atoms with Gasteiger partial charge >= 0.3 is 0 Å². The normalized spacial score (nSPS) is 15.1. The summed E-state index contributed by atoms with van der Waals surface area (Å²) in [6.07, 6.45) is 6.33. The van der Waals surface area contributed by atoms with Crippen molar-refractivity contribution >= 4 is 0 Å². The highest BCUT2D eigenvalue weighted by molar-refractivity contribution is 5.56. The van der Waals surface area contributed by atoms with Crippen molar-refractivity contribution in [1.82, 2.24) is 29.4 Å². The van der Waals surface area contributed by atoms with Crippen LogP contribution in [-0.2, 0) is 20.0 Å². The van der Waals surface area contributed by atoms with Crippen LogP contribution in [0.3, 0.4) is 0 Å². The van der Waals surface area contributed by atoms with Gasteiger partial charge in [0.25, 0.3) is 5.56 Å². The Balaban J connectivity index is 1.34. The molecule has 4 rings (SSSR count). The molecule has 26 heavy (non-hydrogen) atoms. The Bertz CT molecular complexity index is 926. The first-order valence-electron chi connectivity index (χ1n) is 8.87. The minimum Gasteiger partial charge on any atom is -0.302 e. The molecule has 0 aromatic carbocycles. The molecule has 1 aliphatic rings. The molecule has 3 aromatic heterocycles. The van der Waals surface area contributed by atoms with Crippen molar-refractivity contribution in [2.75, 3.05) is 19.6 Å². The lowest BCUT2D eigenvalue weighted by atomic mass is 10.00. The maximum atomic E-state index is 12.1. The lowest BCUT2D eigenvalue weighted by molar-refractivity contribution is 0.0851. The number of aromatic nitrogens is 5. The van der Waals surface area contributed by atoms with Crippen molar-refractivity contribution in [3.05, 3.63) is 65.0 Å². The van der Waals surface area contributed by atoms with Gasteiger partial charge in [-0.2, -0.15) is 10.2 Å². The number of rotatable bonds is 6. The zero-order valence-electron chi connectivity index (χ0n) is 14.8. The first-order chi connectivity index (χ1) is 12.7. The van der Waals surface area contributed by atoms with Crippen molar-refractivity contribution in [3.8, 4) is 11.3 Å². The summed E-state index contributed by atoms with van der Waals surface area (Å²) in [7, 11) is 1.97. The topological polar surface area (TPSA) is 68.8 Å². The Labute approximate surface area is 151 Å². The molecule has 0 amide bonds. The van der Waals surface area contributed by atoms with E-state index in [1.807, 2.05) is 30.1 Å². The number of nitrogens with zero attached hydrogens (tertiary/aromatic N) is 6. The molecule has 7 heteroatoms. The maximum absolute atomic E-state index is 12.1. The molecule has 1 saturated heterocycles. The van der Waals surface area contributed by atoms with Crippen LogP contribution in [0.1, 0.15) is 5.69 Å². The molecule has 0 aliphatic carbocycles. The first kappa shape index (κ1) is 16.7. The molecule has 1 aliphatic heterocycles. The summed E-state index contributed by atoms with van der Waals surface area (Å²) in [6, 6.07) is 9.24. The molecule has 4 heterocycles. The molecular weight excluding hydrogens is 328 g/mol. The van der Waals surface area contributed by atoms with Crippen LogP contribution < -0.4 is 5.56 Å². The number of pyridine rings is 1. The summed E-state index contributed by atoms with van der Waals surface area (Å²) >= 11 is 0. The van der Waals surface area contributed by atoms with Crippen LogP contribution in [-0.4, -0.2) is 49.1 Å². The molecule has 0 radical (unpaired) electrons. The predicted octanol–water partition coefficient (Wildman–Crippen LogP) is 1.21. The van der Waals surface area contributed by atoms with E-state index >= 15 is 0 Å². The zero-order chi connectivity index (χ0) is 17.9. The summed E-state index contributed by atoms with van der Waals surface area (Å²) in [5, 5.41) is 8.72. The standard InChI is InChI=1S/C19H22N6O/c1-23-17(6-9-21-23)7-10-24-12-15(13-24)14-25-19(26)5-4-18(22-25)16-3-2-8-20-11-16/h2-6,8-9,11,15H,7,10,12-14H2,1H3. The average molecular weight is 350 g/mol. The highest BCUT2D eigenvalue weighted by atomic mass is 16.1. The Morgan fingerprint density at radius 2 is 2.04 bits per heavy atom. The average Bonchev–Trinajstić information content (AvgIpc) is 3.04. The Kier molecular flexibility index (Phi) is 4.62. The number of hydrogen-bond donors (Lipinski definition) is 0. The van der Waals surface area contributed by atoms with E-state index in [4.69, 9.17) is 0 Å². The highest BCUT2D eigenvalue weighted by Crippen LogP contribution is 2.18. The van der Waals surface area contributed by atoms with E-state index in [2.05, 4.69) is 26.1 Å². The zero-order valence-corrected chi connectivity index (χ0v) is 14.8. The Hall–Kier alpha value is -2.80. The third-order valence-corrected chi connectivity index (χ3v) is 4.89. The number of aryl methyl sites for hydroxylation is 1. The van der Waals surface area contributed by atoms with Gasteiger partial charge < -0.3 is 4.90 Å². The molecule has 7 nitrogen and oxygen atoms in total. The summed E-state index contributed by atoms with van der Waals surface area (Å²) in [5.74, 6) is 0.468. The third-order valence-electron chi connectivity index (χ3n) is 4.89. The van der Waals surface area contributed by atoms with Crippen LogP contribution >= 0.6 is 0 Å². The monoisotopic (exact) mass is 350 g/mol. The largest absolute Gasteiger partial charge is 0.302 e. The first-order valence-corrected chi connectivity index (χ1v) is 8.87. The minimum absolute atomic E-state index is 0.0500. The van der Waals surface area contributed by atoms with Gasteiger partial charge in [-0.15, -0.1) is 0 Å². The van der Waals surface area contributed by atoms with E-state index < -0.39 is 0 Å². The van der Waals surface area contributed by atoms with Crippen LogP contribution in [0.5, 0.6) is 0 Å². The molecule has 0 spiro atoms. The van der Waals surface area contributed by atoms with Gasteiger partial charge in [-0.25, -0.2) is 4.68 Å². The van der Waals surface area contributed by atoms with E-state index in [1.54, 1.807) is 29.2 Å². The van der Waals surface area contributed by atoms with Crippen molar-refractivity contribution in [2.24, 2.45) is 13.0 Å². The van der Waals surface area contributed by atoms with Gasteiger partial charge in [0, 0.05) is 74.9 Å². The van der Waals surface area contributed by atoms with E-state index in [0.29, 0.717) is 12.5 Å². The smallest absolute Gasteiger partial charge is 0.266 e. The van der Waals surface area contributed by atoms with Gasteiger partial charge in [-0.05, 0) is 24.3 Å². The maximum Gasteiger partial charge on any atom is 0.266 e. The molecule has 0 atom stereocenters. The van der Waals surface area contributed by atoms with Crippen LogP contribution in [0.2, 0.25) is 0 Å². The third kappa shape index (κ3) is 3.57. The fourth-order valence-electron chi connectivity index (χ4n) is 3.39. The molecule has 1 fully saturated rings. The second kappa shape index (κ2) is 7.21. The van der Waals surface area contributed by atoms with Crippen molar-refractivity contribution in [1.29, 1.82) is 0 Å². The molecule has 0 N–H and O–H groups in total. The van der Waals surface area contributed by atoms with Crippen molar-refractivity contribution < 1.29 is 0 Å². The molecule has 134 valence electrons. The fourth-order valence-corrected chi connectivity index (χ4v) is 3.39. The Morgan fingerprint density at radius 1 is 1.15 bits per heavy atom. The van der Waals surface area contributed by atoms with Gasteiger partial charge in [0.05, 0.1) is 12.2 Å². The molecule has 0 saturated carbocycles. The summed E-state index contributed by atoms with van der Waals surface area (Å²) in [4.78, 5) is 18.7. The number of likely N-dealkylation sites (tertiary alicyclic amines) is 1. The quantitative estimate of drug-likeness (QED) is 0.668. The number of hydrogen-bond acceptors (Lipinski definition) is 5. The SMILES string of the molecule is Cn1nccc1CCN1CC(Cn2nc(-c3cccnc3)ccc2=O)C1. The van der Waals surface area contributed by atoms with Gasteiger partial charge in [-0.1, -0.05) is 0 Å². The second-order valence-corrected chi connectivity index (χ2v) is 6.80. The van der Waals surface area contributed by atoms with E-state index in [9.17, 15) is 4.79 Å². The molecule has 0 unspecified atom stereocenters. The fraction of sp³-hybridized carbons (Fsp3) is 0.368. The van der Waals surface area contributed by atoms with Gasteiger partial charge in [-0.3, -0.25) is 14.5 Å². The van der Waals surface area contributed by atoms with Crippen LogP contribution in [0.4, 0.5) is 0 Å². The predicted molar refractivity (Wildman–Crippen MR) is 98.6 cm³/mol. The van der Waals surface area contributed by atoms with Crippen molar-refractivity contribution in [3.63, 3.8) is 0 Å². The van der Waals surface area contributed by atoms with Gasteiger partial charge in [0.1, 0.15) is 0 Å². The van der Waals surface area contributed by atoms with Gasteiger partial charge in [0.2, 0.25) is 0 Å². The minimum atomic E-state index is -0.0500. The second-order valence-electron chi connectivity index (χ2n) is 6.80. The van der Waals surface area contributed by atoms with E-state index in [0.717, 1.165) is 37.3 Å². The van der Waals surface area contributed by atoms with E-state index in [-0.39, 0.29) is 5.56 Å². The van der Waals surface area contributed by atoms with Crippen LogP contribution in [0, 0.1) is 5.92 Å². The molecule has 3 aromatic rings. The molecule has 0 bridgehead atoms. The van der Waals surface area contributed by atoms with Crippen molar-refractivity contribution in [2.45, 2.75) is 13.0 Å². The molecular formula is C19H22N6O. The lowest BCUT2D eigenvalue weighted by Gasteiger charge is -2.39.